The summed E-state index contributed by atoms with van der Waals surface area (Å²) in [4.78, 5) is 13.5. The van der Waals surface area contributed by atoms with Gasteiger partial charge in [-0.25, -0.2) is 9.78 Å². The zero-order chi connectivity index (χ0) is 10.1. The van der Waals surface area contributed by atoms with Crippen LogP contribution in [0.2, 0.25) is 5.15 Å². The minimum absolute atomic E-state index is 0.505. The lowest BCUT2D eigenvalue weighted by atomic mass is 10.1. The zero-order valence-corrected chi connectivity index (χ0v) is 6.92. The average molecular weight is 208 g/mol. The highest BCUT2D eigenvalue weighted by molar-refractivity contribution is 6.30. The third-order valence-corrected chi connectivity index (χ3v) is 1.67. The Balaban J connectivity index is 3.22. The Kier molecular flexibility index (Phi) is 2.47. The monoisotopic (exact) mass is 207 g/mol. The molecule has 0 saturated heterocycles. The smallest absolute Gasteiger partial charge is 0.379 e. The van der Waals surface area contributed by atoms with E-state index in [4.69, 9.17) is 16.7 Å². The van der Waals surface area contributed by atoms with Gasteiger partial charge in [-0.3, -0.25) is 0 Å². The number of carbonyl (C=O) groups is 1. The van der Waals surface area contributed by atoms with Crippen molar-refractivity contribution in [2.75, 3.05) is 0 Å². The summed E-state index contributed by atoms with van der Waals surface area (Å²) < 4.78 is 25.6. The maximum absolute atomic E-state index is 12.8. The molecule has 6 heteroatoms. The standard InChI is InChI=1S/C7H4ClF2NO2/c8-5-4(2-1-3-11-5)7(9,10)6(12)13/h1-3H,(H,12,13). The predicted octanol–water partition coefficient (Wildman–Crippen LogP) is 1.91. The molecule has 70 valence electrons. The molecule has 1 N–H and O–H groups in total. The molecule has 0 radical (unpaired) electrons. The van der Waals surface area contributed by atoms with E-state index in [0.29, 0.717) is 0 Å². The van der Waals surface area contributed by atoms with Crippen LogP contribution >= 0.6 is 11.6 Å². The van der Waals surface area contributed by atoms with Crippen LogP contribution in [0, 0.1) is 0 Å². The van der Waals surface area contributed by atoms with E-state index in [1.54, 1.807) is 0 Å². The molecule has 0 fully saturated rings. The van der Waals surface area contributed by atoms with Crippen LogP contribution in [0.25, 0.3) is 0 Å². The van der Waals surface area contributed by atoms with E-state index in [0.717, 1.165) is 6.07 Å². The molecule has 0 aromatic carbocycles. The molecular formula is C7H4ClF2NO2. The molecular weight excluding hydrogens is 204 g/mol. The molecule has 0 aliphatic carbocycles. The van der Waals surface area contributed by atoms with Gasteiger partial charge >= 0.3 is 11.9 Å². The van der Waals surface area contributed by atoms with Crippen molar-refractivity contribution >= 4 is 17.6 Å². The van der Waals surface area contributed by atoms with Crippen molar-refractivity contribution in [3.8, 4) is 0 Å². The topological polar surface area (TPSA) is 50.2 Å². The average Bonchev–Trinajstić information content (AvgIpc) is 2.04. The fraction of sp³-hybridized carbons (Fsp3) is 0.143. The highest BCUT2D eigenvalue weighted by atomic mass is 35.5. The Bertz CT molecular complexity index is 343. The van der Waals surface area contributed by atoms with Gasteiger partial charge in [0.1, 0.15) is 5.15 Å². The highest BCUT2D eigenvalue weighted by Gasteiger charge is 2.43. The molecule has 3 nitrogen and oxygen atoms in total. The van der Waals surface area contributed by atoms with Crippen molar-refractivity contribution < 1.29 is 18.7 Å². The Labute approximate surface area is 77.0 Å². The minimum atomic E-state index is -3.99. The van der Waals surface area contributed by atoms with Crippen molar-refractivity contribution in [3.63, 3.8) is 0 Å². The molecule has 0 spiro atoms. The molecule has 1 aromatic heterocycles. The predicted molar refractivity (Wildman–Crippen MR) is 40.8 cm³/mol. The summed E-state index contributed by atoms with van der Waals surface area (Å²) in [5, 5.41) is 7.68. The van der Waals surface area contributed by atoms with Gasteiger partial charge in [0.15, 0.2) is 0 Å². The molecule has 0 amide bonds. The number of aromatic nitrogens is 1. The lowest BCUT2D eigenvalue weighted by Gasteiger charge is -2.11. The van der Waals surface area contributed by atoms with Crippen LogP contribution in [0.1, 0.15) is 5.56 Å². The van der Waals surface area contributed by atoms with Crippen LogP contribution < -0.4 is 0 Å². The summed E-state index contributed by atoms with van der Waals surface area (Å²) in [7, 11) is 0. The van der Waals surface area contributed by atoms with Crippen molar-refractivity contribution in [2.45, 2.75) is 5.92 Å². The molecule has 0 saturated carbocycles. The van der Waals surface area contributed by atoms with Crippen LogP contribution in [0.4, 0.5) is 8.78 Å². The van der Waals surface area contributed by atoms with E-state index in [1.807, 2.05) is 0 Å². The number of alkyl halides is 2. The number of carboxylic acids is 1. The Morgan fingerprint density at radius 1 is 1.62 bits per heavy atom. The van der Waals surface area contributed by atoms with E-state index >= 15 is 0 Å². The normalized spacial score (nSPS) is 11.3. The molecule has 0 aliphatic rings. The van der Waals surface area contributed by atoms with Gasteiger partial charge in [-0.05, 0) is 12.1 Å². The summed E-state index contributed by atoms with van der Waals surface area (Å²) in [5.41, 5.74) is -0.802. The van der Waals surface area contributed by atoms with Gasteiger partial charge in [0.2, 0.25) is 0 Å². The molecule has 13 heavy (non-hydrogen) atoms. The number of nitrogens with zero attached hydrogens (tertiary/aromatic N) is 1. The summed E-state index contributed by atoms with van der Waals surface area (Å²) in [6.07, 6.45) is 1.20. The van der Waals surface area contributed by atoms with Gasteiger partial charge in [0.25, 0.3) is 0 Å². The fourth-order valence-electron chi connectivity index (χ4n) is 0.735. The van der Waals surface area contributed by atoms with Crippen molar-refractivity contribution in [2.24, 2.45) is 0 Å². The van der Waals surface area contributed by atoms with Gasteiger partial charge in [-0.1, -0.05) is 11.6 Å². The number of carboxylic acid groups (broad SMARTS) is 1. The first-order valence-electron chi connectivity index (χ1n) is 3.18. The Morgan fingerprint density at radius 3 is 2.69 bits per heavy atom. The molecule has 0 atom stereocenters. The number of hydrogen-bond donors (Lipinski definition) is 1. The largest absolute Gasteiger partial charge is 0.477 e. The second kappa shape index (κ2) is 3.26. The van der Waals surface area contributed by atoms with Gasteiger partial charge in [0.05, 0.1) is 5.56 Å². The van der Waals surface area contributed by atoms with Crippen LogP contribution in [0.15, 0.2) is 18.3 Å². The quantitative estimate of drug-likeness (QED) is 0.754. The Hall–Kier alpha value is -1.23. The molecule has 0 aliphatic heterocycles. The van der Waals surface area contributed by atoms with Gasteiger partial charge in [-0.2, -0.15) is 8.78 Å². The van der Waals surface area contributed by atoms with Crippen LogP contribution in [-0.4, -0.2) is 16.1 Å². The lowest BCUT2D eigenvalue weighted by molar-refractivity contribution is -0.166. The minimum Gasteiger partial charge on any atom is -0.477 e. The summed E-state index contributed by atoms with van der Waals surface area (Å²) in [6.45, 7) is 0. The molecule has 1 rings (SSSR count). The highest BCUT2D eigenvalue weighted by Crippen LogP contribution is 2.31. The lowest BCUT2D eigenvalue weighted by Crippen LogP contribution is -2.25. The Morgan fingerprint density at radius 2 is 2.23 bits per heavy atom. The van der Waals surface area contributed by atoms with E-state index < -0.39 is 22.6 Å². The van der Waals surface area contributed by atoms with Crippen LogP contribution in [0.3, 0.4) is 0 Å². The summed E-state index contributed by atoms with van der Waals surface area (Å²) in [5.74, 6) is -6.24. The maximum atomic E-state index is 12.8. The maximum Gasteiger partial charge on any atom is 0.379 e. The second-order valence-electron chi connectivity index (χ2n) is 2.22. The first-order chi connectivity index (χ1) is 5.96. The van der Waals surface area contributed by atoms with Gasteiger partial charge < -0.3 is 5.11 Å². The van der Waals surface area contributed by atoms with E-state index in [1.165, 1.54) is 12.3 Å². The van der Waals surface area contributed by atoms with E-state index in [2.05, 4.69) is 4.98 Å². The SMILES string of the molecule is O=C(O)C(F)(F)c1cccnc1Cl. The third kappa shape index (κ3) is 1.75. The van der Waals surface area contributed by atoms with E-state index in [-0.39, 0.29) is 0 Å². The fourth-order valence-corrected chi connectivity index (χ4v) is 0.973. The number of pyridine rings is 1. The van der Waals surface area contributed by atoms with Crippen LogP contribution in [0.5, 0.6) is 0 Å². The number of aliphatic carboxylic acids is 1. The molecule has 0 bridgehead atoms. The zero-order valence-electron chi connectivity index (χ0n) is 6.17. The number of hydrogen-bond acceptors (Lipinski definition) is 2. The van der Waals surface area contributed by atoms with Crippen molar-refractivity contribution in [1.29, 1.82) is 0 Å². The van der Waals surface area contributed by atoms with Crippen molar-refractivity contribution in [1.82, 2.24) is 4.98 Å². The second-order valence-corrected chi connectivity index (χ2v) is 2.58. The van der Waals surface area contributed by atoms with Crippen LogP contribution in [-0.2, 0) is 10.7 Å². The number of rotatable bonds is 2. The molecule has 0 unspecified atom stereocenters. The molecule has 1 heterocycles. The first-order valence-corrected chi connectivity index (χ1v) is 3.56. The van der Waals surface area contributed by atoms with Gasteiger partial charge in [0, 0.05) is 6.20 Å². The number of halogens is 3. The van der Waals surface area contributed by atoms with E-state index in [9.17, 15) is 13.6 Å². The first kappa shape index (κ1) is 9.85. The third-order valence-electron chi connectivity index (χ3n) is 1.37. The van der Waals surface area contributed by atoms with Gasteiger partial charge in [-0.15, -0.1) is 0 Å². The van der Waals surface area contributed by atoms with Crippen molar-refractivity contribution in [3.05, 3.63) is 29.0 Å². The summed E-state index contributed by atoms with van der Waals surface area (Å²) in [6, 6.07) is 2.11. The molecule has 1 aromatic rings. The summed E-state index contributed by atoms with van der Waals surface area (Å²) >= 11 is 5.30.